The zero-order valence-corrected chi connectivity index (χ0v) is 18.6. The molecule has 1 aliphatic rings. The fourth-order valence-electron chi connectivity index (χ4n) is 3.44. The van der Waals surface area contributed by atoms with E-state index >= 15 is 0 Å². The minimum absolute atomic E-state index is 0.0177. The highest BCUT2D eigenvalue weighted by atomic mass is 32.2. The Balaban J connectivity index is 1.65. The molecule has 0 saturated carbocycles. The molecule has 2 amide bonds. The van der Waals surface area contributed by atoms with Crippen molar-refractivity contribution < 1.29 is 14.3 Å². The van der Waals surface area contributed by atoms with Gasteiger partial charge in [0.05, 0.1) is 31.6 Å². The molecule has 6 nitrogen and oxygen atoms in total. The molecule has 1 atom stereocenters. The maximum Gasteiger partial charge on any atom is 0.241 e. The number of nitrogens with zero attached hydrogens (tertiary/aromatic N) is 2. The lowest BCUT2D eigenvalue weighted by Crippen LogP contribution is -2.43. The topological polar surface area (TPSA) is 61.9 Å². The molecule has 0 aromatic heterocycles. The van der Waals surface area contributed by atoms with Crippen LogP contribution in [0.3, 0.4) is 0 Å². The van der Waals surface area contributed by atoms with E-state index in [9.17, 15) is 9.59 Å². The molecule has 0 radical (unpaired) electrons. The second-order valence-corrected chi connectivity index (χ2v) is 8.76. The van der Waals surface area contributed by atoms with E-state index < -0.39 is 0 Å². The first-order valence-corrected chi connectivity index (χ1v) is 11.1. The SMILES string of the molecule is CCN(CC(=O)Nc1ccccc1OC)CC(=O)N1CC[C@H](C)Sc2ccccc21. The van der Waals surface area contributed by atoms with Crippen LogP contribution in [0.5, 0.6) is 5.75 Å². The average Bonchev–Trinajstić information content (AvgIpc) is 2.91. The third-order valence-electron chi connectivity index (χ3n) is 5.10. The number of ether oxygens (including phenoxy) is 1. The summed E-state index contributed by atoms with van der Waals surface area (Å²) < 4.78 is 5.28. The molecule has 160 valence electrons. The summed E-state index contributed by atoms with van der Waals surface area (Å²) in [6, 6.07) is 15.3. The minimum atomic E-state index is -0.172. The Bertz CT molecular complexity index is 890. The van der Waals surface area contributed by atoms with Crippen molar-refractivity contribution in [1.29, 1.82) is 0 Å². The fraction of sp³-hybridized carbons (Fsp3) is 0.391. The minimum Gasteiger partial charge on any atom is -0.495 e. The molecule has 0 unspecified atom stereocenters. The third-order valence-corrected chi connectivity index (χ3v) is 6.34. The van der Waals surface area contributed by atoms with Crippen LogP contribution in [0.2, 0.25) is 0 Å². The summed E-state index contributed by atoms with van der Waals surface area (Å²) in [6.07, 6.45) is 0.936. The first-order chi connectivity index (χ1) is 14.5. The number of benzene rings is 2. The maximum absolute atomic E-state index is 13.2. The molecule has 0 spiro atoms. The van der Waals surface area contributed by atoms with Crippen LogP contribution in [0.25, 0.3) is 0 Å². The lowest BCUT2D eigenvalue weighted by molar-refractivity contribution is -0.121. The first-order valence-electron chi connectivity index (χ1n) is 10.2. The summed E-state index contributed by atoms with van der Waals surface area (Å²) in [5.74, 6) is 0.455. The van der Waals surface area contributed by atoms with Crippen molar-refractivity contribution in [3.8, 4) is 5.75 Å². The van der Waals surface area contributed by atoms with E-state index in [4.69, 9.17) is 4.74 Å². The monoisotopic (exact) mass is 427 g/mol. The quantitative estimate of drug-likeness (QED) is 0.727. The number of methoxy groups -OCH3 is 1. The summed E-state index contributed by atoms with van der Waals surface area (Å²) in [5.41, 5.74) is 1.59. The zero-order chi connectivity index (χ0) is 21.5. The number of thioether (sulfide) groups is 1. The van der Waals surface area contributed by atoms with Crippen molar-refractivity contribution >= 4 is 35.0 Å². The van der Waals surface area contributed by atoms with Gasteiger partial charge in [0, 0.05) is 16.7 Å². The third kappa shape index (κ3) is 5.55. The molecule has 1 aliphatic heterocycles. The van der Waals surface area contributed by atoms with E-state index in [-0.39, 0.29) is 24.9 Å². The number of rotatable bonds is 7. The molecule has 0 bridgehead atoms. The van der Waals surface area contributed by atoms with Gasteiger partial charge in [0.15, 0.2) is 0 Å². The molecule has 1 N–H and O–H groups in total. The predicted octanol–water partition coefficient (Wildman–Crippen LogP) is 3.87. The van der Waals surface area contributed by atoms with Crippen molar-refractivity contribution in [2.24, 2.45) is 0 Å². The maximum atomic E-state index is 13.2. The highest BCUT2D eigenvalue weighted by Crippen LogP contribution is 2.37. The molecule has 1 heterocycles. The number of carbonyl (C=O) groups is 2. The summed E-state index contributed by atoms with van der Waals surface area (Å²) in [5, 5.41) is 3.33. The van der Waals surface area contributed by atoms with Gasteiger partial charge in [-0.1, -0.05) is 38.1 Å². The zero-order valence-electron chi connectivity index (χ0n) is 17.8. The van der Waals surface area contributed by atoms with Gasteiger partial charge in [-0.15, -0.1) is 11.8 Å². The molecule has 7 heteroatoms. The van der Waals surface area contributed by atoms with Crippen LogP contribution in [0.1, 0.15) is 20.3 Å². The van der Waals surface area contributed by atoms with Crippen molar-refractivity contribution in [3.63, 3.8) is 0 Å². The Kier molecular flexibility index (Phi) is 7.76. The number of fused-ring (bicyclic) bond motifs is 1. The number of hydrogen-bond donors (Lipinski definition) is 1. The van der Waals surface area contributed by atoms with Crippen molar-refractivity contribution in [3.05, 3.63) is 48.5 Å². The van der Waals surface area contributed by atoms with Gasteiger partial charge in [-0.3, -0.25) is 14.5 Å². The van der Waals surface area contributed by atoms with E-state index in [1.807, 2.05) is 58.8 Å². The molecule has 30 heavy (non-hydrogen) atoms. The first kappa shape index (κ1) is 22.2. The van der Waals surface area contributed by atoms with Crippen LogP contribution < -0.4 is 15.0 Å². The molecule has 0 fully saturated rings. The Hall–Kier alpha value is -2.51. The lowest BCUT2D eigenvalue weighted by Gasteiger charge is -2.26. The van der Waals surface area contributed by atoms with Crippen molar-refractivity contribution in [2.45, 2.75) is 30.4 Å². The van der Waals surface area contributed by atoms with E-state index in [0.29, 0.717) is 29.8 Å². The molecule has 0 saturated heterocycles. The summed E-state index contributed by atoms with van der Waals surface area (Å²) in [4.78, 5) is 30.6. The van der Waals surface area contributed by atoms with Gasteiger partial charge in [0.25, 0.3) is 0 Å². The van der Waals surface area contributed by atoms with Crippen molar-refractivity contribution in [2.75, 3.05) is 43.5 Å². The van der Waals surface area contributed by atoms with Crippen LogP contribution in [-0.4, -0.2) is 55.3 Å². The standard InChI is InChI=1S/C23H29N3O3S/c1-4-25(15-22(27)24-18-9-5-7-11-20(18)29-3)16-23(28)26-14-13-17(2)30-21-12-8-6-10-19(21)26/h5-12,17H,4,13-16H2,1-3H3,(H,24,27)/t17-/m0/s1. The van der Waals surface area contributed by atoms with E-state index in [2.05, 4.69) is 18.3 Å². The van der Waals surface area contributed by atoms with Crippen LogP contribution in [0.4, 0.5) is 11.4 Å². The molecular formula is C23H29N3O3S. The molecule has 0 aliphatic carbocycles. The second kappa shape index (κ2) is 10.5. The number of hydrogen-bond acceptors (Lipinski definition) is 5. The van der Waals surface area contributed by atoms with Crippen molar-refractivity contribution in [1.82, 2.24) is 4.90 Å². The lowest BCUT2D eigenvalue weighted by atomic mass is 10.2. The number of carbonyl (C=O) groups excluding carboxylic acids is 2. The predicted molar refractivity (Wildman–Crippen MR) is 122 cm³/mol. The highest BCUT2D eigenvalue weighted by molar-refractivity contribution is 8.00. The normalized spacial score (nSPS) is 16.0. The van der Waals surface area contributed by atoms with Crippen LogP contribution in [-0.2, 0) is 9.59 Å². The largest absolute Gasteiger partial charge is 0.495 e. The summed E-state index contributed by atoms with van der Waals surface area (Å²) in [7, 11) is 1.57. The molecule has 2 aromatic rings. The Morgan fingerprint density at radius 1 is 1.17 bits per heavy atom. The van der Waals surface area contributed by atoms with E-state index in [0.717, 1.165) is 17.0 Å². The smallest absolute Gasteiger partial charge is 0.241 e. The molecular weight excluding hydrogens is 398 g/mol. The highest BCUT2D eigenvalue weighted by Gasteiger charge is 2.25. The Morgan fingerprint density at radius 3 is 2.67 bits per heavy atom. The van der Waals surface area contributed by atoms with Crippen LogP contribution in [0.15, 0.2) is 53.4 Å². The second-order valence-electron chi connectivity index (χ2n) is 7.28. The number of amides is 2. The van der Waals surface area contributed by atoms with Crippen LogP contribution >= 0.6 is 11.8 Å². The fourth-order valence-corrected chi connectivity index (χ4v) is 4.56. The van der Waals surface area contributed by atoms with Gasteiger partial charge in [-0.05, 0) is 37.2 Å². The molecule has 3 rings (SSSR count). The molecule has 2 aromatic carbocycles. The Labute approximate surface area is 182 Å². The van der Waals surface area contributed by atoms with Gasteiger partial charge >= 0.3 is 0 Å². The summed E-state index contributed by atoms with van der Waals surface area (Å²) in [6.45, 7) is 5.78. The van der Waals surface area contributed by atoms with E-state index in [1.54, 1.807) is 19.2 Å². The van der Waals surface area contributed by atoms with Gasteiger partial charge in [-0.25, -0.2) is 0 Å². The van der Waals surface area contributed by atoms with E-state index in [1.165, 1.54) is 0 Å². The van der Waals surface area contributed by atoms with Gasteiger partial charge in [0.1, 0.15) is 5.75 Å². The number of nitrogens with one attached hydrogen (secondary N) is 1. The van der Waals surface area contributed by atoms with Crippen LogP contribution in [0, 0.1) is 0 Å². The average molecular weight is 428 g/mol. The Morgan fingerprint density at radius 2 is 1.90 bits per heavy atom. The van der Waals surface area contributed by atoms with Gasteiger partial charge in [0.2, 0.25) is 11.8 Å². The summed E-state index contributed by atoms with van der Waals surface area (Å²) >= 11 is 1.81. The number of para-hydroxylation sites is 3. The number of anilines is 2. The number of likely N-dealkylation sites (N-methyl/N-ethyl adjacent to an activating group) is 1. The van der Waals surface area contributed by atoms with Gasteiger partial charge in [-0.2, -0.15) is 0 Å². The van der Waals surface area contributed by atoms with Gasteiger partial charge < -0.3 is 15.0 Å².